The van der Waals surface area contributed by atoms with Gasteiger partial charge in [-0.25, -0.2) is 17.9 Å². The van der Waals surface area contributed by atoms with Crippen LogP contribution in [0.25, 0.3) is 11.1 Å². The van der Waals surface area contributed by atoms with Gasteiger partial charge in [0.1, 0.15) is 0 Å². The van der Waals surface area contributed by atoms with Crippen LogP contribution in [0.1, 0.15) is 12.0 Å². The normalized spacial score (nSPS) is 23.0. The standard InChI is InChI=1S/C19H21NO5S/c1-26(23,24)20-17-12-19(18(21)22,25-13-17)11-14-6-5-9-16(10-14)15-7-3-2-4-8-15/h2-10,17,20H,11-13H2,1H3,(H,21,22)/t17-,19+/m1/s1. The van der Waals surface area contributed by atoms with Crippen LogP contribution >= 0.6 is 0 Å². The molecule has 26 heavy (non-hydrogen) atoms. The molecule has 1 aliphatic heterocycles. The number of rotatable bonds is 6. The van der Waals surface area contributed by atoms with Gasteiger partial charge in [0, 0.05) is 18.9 Å². The van der Waals surface area contributed by atoms with Crippen molar-refractivity contribution in [2.24, 2.45) is 0 Å². The maximum Gasteiger partial charge on any atom is 0.336 e. The SMILES string of the molecule is CS(=O)(=O)N[C@H]1CO[C@](Cc2cccc(-c3ccccc3)c2)(C(=O)O)C1. The molecular weight excluding hydrogens is 354 g/mol. The van der Waals surface area contributed by atoms with Gasteiger partial charge in [0.15, 0.2) is 5.60 Å². The predicted molar refractivity (Wildman–Crippen MR) is 98.3 cm³/mol. The minimum absolute atomic E-state index is 0.0394. The molecule has 0 unspecified atom stereocenters. The number of ether oxygens (including phenoxy) is 1. The van der Waals surface area contributed by atoms with Gasteiger partial charge in [-0.3, -0.25) is 0 Å². The molecule has 0 bridgehead atoms. The Kier molecular flexibility index (Phi) is 5.13. The third-order valence-electron chi connectivity index (χ3n) is 4.43. The minimum Gasteiger partial charge on any atom is -0.479 e. The van der Waals surface area contributed by atoms with Crippen molar-refractivity contribution in [3.8, 4) is 11.1 Å². The molecule has 1 fully saturated rings. The number of hydrogen-bond acceptors (Lipinski definition) is 4. The van der Waals surface area contributed by atoms with E-state index >= 15 is 0 Å². The molecule has 1 aliphatic rings. The maximum atomic E-state index is 11.9. The zero-order valence-corrected chi connectivity index (χ0v) is 15.2. The third kappa shape index (κ3) is 4.30. The van der Waals surface area contributed by atoms with Gasteiger partial charge in [0.25, 0.3) is 0 Å². The molecule has 2 N–H and O–H groups in total. The van der Waals surface area contributed by atoms with Gasteiger partial charge in [-0.05, 0) is 16.7 Å². The minimum atomic E-state index is -3.42. The molecule has 0 radical (unpaired) electrons. The molecule has 0 amide bonds. The summed E-state index contributed by atoms with van der Waals surface area (Å²) in [6.07, 6.45) is 1.31. The van der Waals surface area contributed by atoms with Crippen molar-refractivity contribution in [1.82, 2.24) is 4.72 Å². The van der Waals surface area contributed by atoms with E-state index in [0.29, 0.717) is 0 Å². The van der Waals surface area contributed by atoms with Gasteiger partial charge in [0.2, 0.25) is 10.0 Å². The summed E-state index contributed by atoms with van der Waals surface area (Å²) in [5, 5.41) is 9.73. The Hall–Kier alpha value is -2.22. The molecule has 2 aromatic carbocycles. The first-order valence-electron chi connectivity index (χ1n) is 8.26. The van der Waals surface area contributed by atoms with E-state index in [9.17, 15) is 18.3 Å². The van der Waals surface area contributed by atoms with Crippen LogP contribution in [-0.4, -0.2) is 44.0 Å². The highest BCUT2D eigenvalue weighted by Crippen LogP contribution is 2.32. The summed E-state index contributed by atoms with van der Waals surface area (Å²) < 4.78 is 30.8. The third-order valence-corrected chi connectivity index (χ3v) is 5.19. The first-order chi connectivity index (χ1) is 12.3. The Labute approximate surface area is 152 Å². The maximum absolute atomic E-state index is 11.9. The monoisotopic (exact) mass is 375 g/mol. The van der Waals surface area contributed by atoms with Crippen molar-refractivity contribution >= 4 is 16.0 Å². The van der Waals surface area contributed by atoms with Crippen LogP contribution in [-0.2, 0) is 26.0 Å². The number of nitrogens with one attached hydrogen (secondary N) is 1. The van der Waals surface area contributed by atoms with Crippen molar-refractivity contribution in [2.75, 3.05) is 12.9 Å². The van der Waals surface area contributed by atoms with Crippen molar-refractivity contribution in [3.63, 3.8) is 0 Å². The highest BCUT2D eigenvalue weighted by molar-refractivity contribution is 7.88. The lowest BCUT2D eigenvalue weighted by molar-refractivity contribution is -0.159. The molecule has 138 valence electrons. The summed E-state index contributed by atoms with van der Waals surface area (Å²) in [6.45, 7) is 0.0394. The molecule has 7 heteroatoms. The van der Waals surface area contributed by atoms with Gasteiger partial charge >= 0.3 is 5.97 Å². The van der Waals surface area contributed by atoms with E-state index in [1.54, 1.807) is 0 Å². The quantitative estimate of drug-likeness (QED) is 0.806. The lowest BCUT2D eigenvalue weighted by Crippen LogP contribution is -2.42. The topological polar surface area (TPSA) is 92.7 Å². The van der Waals surface area contributed by atoms with E-state index in [2.05, 4.69) is 4.72 Å². The average Bonchev–Trinajstić information content (AvgIpc) is 2.98. The van der Waals surface area contributed by atoms with Crippen LogP contribution in [0.3, 0.4) is 0 Å². The van der Waals surface area contributed by atoms with Crippen LogP contribution in [0.2, 0.25) is 0 Å². The summed E-state index contributed by atoms with van der Waals surface area (Å²) in [7, 11) is -3.42. The second-order valence-corrected chi connectivity index (χ2v) is 8.42. The van der Waals surface area contributed by atoms with Crippen LogP contribution in [0.15, 0.2) is 54.6 Å². The van der Waals surface area contributed by atoms with Crippen molar-refractivity contribution in [3.05, 3.63) is 60.2 Å². The lowest BCUT2D eigenvalue weighted by Gasteiger charge is -2.24. The largest absolute Gasteiger partial charge is 0.479 e. The summed E-state index contributed by atoms with van der Waals surface area (Å²) >= 11 is 0. The van der Waals surface area contributed by atoms with E-state index in [4.69, 9.17) is 4.74 Å². The van der Waals surface area contributed by atoms with Crippen LogP contribution < -0.4 is 4.72 Å². The number of carbonyl (C=O) groups is 1. The molecule has 0 aromatic heterocycles. The number of carboxylic acids is 1. The van der Waals surface area contributed by atoms with Gasteiger partial charge < -0.3 is 9.84 Å². The van der Waals surface area contributed by atoms with Gasteiger partial charge in [0.05, 0.1) is 12.9 Å². The summed E-state index contributed by atoms with van der Waals surface area (Å²) in [5.74, 6) is -1.08. The van der Waals surface area contributed by atoms with Crippen molar-refractivity contribution in [1.29, 1.82) is 0 Å². The van der Waals surface area contributed by atoms with E-state index in [1.165, 1.54) is 0 Å². The average molecular weight is 375 g/mol. The Morgan fingerprint density at radius 1 is 1.19 bits per heavy atom. The second kappa shape index (κ2) is 7.19. The first kappa shape index (κ1) is 18.6. The highest BCUT2D eigenvalue weighted by atomic mass is 32.2. The van der Waals surface area contributed by atoms with Crippen LogP contribution in [0, 0.1) is 0 Å². The smallest absolute Gasteiger partial charge is 0.336 e. The predicted octanol–water partition coefficient (Wildman–Crippen LogP) is 2.06. The lowest BCUT2D eigenvalue weighted by atomic mass is 9.89. The zero-order valence-electron chi connectivity index (χ0n) is 14.4. The van der Waals surface area contributed by atoms with Gasteiger partial charge in [-0.2, -0.15) is 0 Å². The Balaban J connectivity index is 1.83. The van der Waals surface area contributed by atoms with Crippen molar-refractivity contribution < 1.29 is 23.1 Å². The van der Waals surface area contributed by atoms with E-state index in [0.717, 1.165) is 22.9 Å². The molecule has 0 saturated carbocycles. The number of benzene rings is 2. The number of sulfonamides is 1. The van der Waals surface area contributed by atoms with E-state index in [1.807, 2.05) is 54.6 Å². The van der Waals surface area contributed by atoms with E-state index in [-0.39, 0.29) is 19.4 Å². The Morgan fingerprint density at radius 2 is 1.88 bits per heavy atom. The fourth-order valence-electron chi connectivity index (χ4n) is 3.32. The van der Waals surface area contributed by atoms with Crippen LogP contribution in [0.5, 0.6) is 0 Å². The fourth-order valence-corrected chi connectivity index (χ4v) is 4.08. The molecule has 0 spiro atoms. The molecule has 6 nitrogen and oxygen atoms in total. The molecule has 2 atom stereocenters. The summed E-state index contributed by atoms with van der Waals surface area (Å²) in [5.41, 5.74) is 1.43. The Bertz CT molecular complexity index is 897. The second-order valence-electron chi connectivity index (χ2n) is 6.64. The summed E-state index contributed by atoms with van der Waals surface area (Å²) in [6, 6.07) is 16.9. The molecular formula is C19H21NO5S. The zero-order chi connectivity index (χ0) is 18.8. The Morgan fingerprint density at radius 3 is 2.54 bits per heavy atom. The molecule has 0 aliphatic carbocycles. The van der Waals surface area contributed by atoms with Gasteiger partial charge in [-0.15, -0.1) is 0 Å². The fraction of sp³-hybridized carbons (Fsp3) is 0.316. The highest BCUT2D eigenvalue weighted by Gasteiger charge is 2.47. The van der Waals surface area contributed by atoms with Crippen molar-refractivity contribution in [2.45, 2.75) is 24.5 Å². The molecule has 1 saturated heterocycles. The molecule has 1 heterocycles. The number of aliphatic carboxylic acids is 1. The summed E-state index contributed by atoms with van der Waals surface area (Å²) in [4.78, 5) is 11.9. The van der Waals surface area contributed by atoms with E-state index < -0.39 is 27.6 Å². The first-order valence-corrected chi connectivity index (χ1v) is 10.2. The molecule has 2 aromatic rings. The van der Waals surface area contributed by atoms with Gasteiger partial charge in [-0.1, -0.05) is 54.6 Å². The van der Waals surface area contributed by atoms with Crippen LogP contribution in [0.4, 0.5) is 0 Å². The number of hydrogen-bond donors (Lipinski definition) is 2. The molecule has 3 rings (SSSR count). The number of carboxylic acid groups (broad SMARTS) is 1.